The minimum Gasteiger partial charge on any atom is -0.289 e. The molecule has 0 saturated carbocycles. The van der Waals surface area contributed by atoms with E-state index in [2.05, 4.69) is 5.32 Å². The number of fused-ring (bicyclic) bond motifs is 4. The standard InChI is InChI=1S/C16H9NO2/c18-14-8-10-5-6-12-11-4-2-1-3-9(11)7-13(12)15(10)16(19)17-14/h1-8H,(H,17,18,19). The van der Waals surface area contributed by atoms with E-state index < -0.39 is 0 Å². The van der Waals surface area contributed by atoms with Crippen LogP contribution in [0.25, 0.3) is 12.2 Å². The van der Waals surface area contributed by atoms with Crippen molar-refractivity contribution in [2.75, 3.05) is 0 Å². The van der Waals surface area contributed by atoms with E-state index in [-0.39, 0.29) is 11.8 Å². The summed E-state index contributed by atoms with van der Waals surface area (Å²) in [6.07, 6.45) is 3.47. The molecule has 2 amide bonds. The summed E-state index contributed by atoms with van der Waals surface area (Å²) in [5, 5.41) is 6.31. The van der Waals surface area contributed by atoms with Crippen LogP contribution >= 0.6 is 0 Å². The maximum Gasteiger partial charge on any atom is 0.259 e. The predicted molar refractivity (Wildman–Crippen MR) is 70.3 cm³/mol. The van der Waals surface area contributed by atoms with Crippen molar-refractivity contribution >= 4 is 24.0 Å². The SMILES string of the molecule is O=C1C=c2ccc3c(c2C(=O)N1)C=c1ccccc1=3. The molecule has 1 N–H and O–H groups in total. The first kappa shape index (κ1) is 10.3. The second kappa shape index (κ2) is 3.42. The van der Waals surface area contributed by atoms with Crippen LogP contribution < -0.4 is 15.8 Å². The van der Waals surface area contributed by atoms with Gasteiger partial charge in [-0.25, -0.2) is 0 Å². The lowest BCUT2D eigenvalue weighted by Crippen LogP contribution is -2.39. The molecule has 0 atom stereocenters. The Hall–Kier alpha value is -2.68. The van der Waals surface area contributed by atoms with Gasteiger partial charge >= 0.3 is 0 Å². The number of hydrogen-bond donors (Lipinski definition) is 1. The normalized spacial score (nSPS) is 14.7. The summed E-state index contributed by atoms with van der Waals surface area (Å²) in [4.78, 5) is 23.4. The van der Waals surface area contributed by atoms with Crippen LogP contribution in [0.3, 0.4) is 0 Å². The van der Waals surface area contributed by atoms with Crippen molar-refractivity contribution in [2.24, 2.45) is 0 Å². The average molecular weight is 247 g/mol. The first-order valence-electron chi connectivity index (χ1n) is 6.05. The summed E-state index contributed by atoms with van der Waals surface area (Å²) in [7, 11) is 0. The number of nitrogens with one attached hydrogen (secondary N) is 1. The van der Waals surface area contributed by atoms with E-state index in [0.717, 1.165) is 21.2 Å². The largest absolute Gasteiger partial charge is 0.289 e. The zero-order valence-electron chi connectivity index (χ0n) is 9.94. The molecule has 0 saturated heterocycles. The summed E-state index contributed by atoms with van der Waals surface area (Å²) in [6, 6.07) is 11.8. The van der Waals surface area contributed by atoms with E-state index in [1.807, 2.05) is 42.5 Å². The van der Waals surface area contributed by atoms with Crippen molar-refractivity contribution < 1.29 is 9.59 Å². The molecule has 3 heteroatoms. The second-order valence-corrected chi connectivity index (χ2v) is 4.69. The summed E-state index contributed by atoms with van der Waals surface area (Å²) in [6.45, 7) is 0. The van der Waals surface area contributed by atoms with Gasteiger partial charge in [0.25, 0.3) is 11.8 Å². The minimum absolute atomic E-state index is 0.316. The molecule has 1 aliphatic heterocycles. The molecule has 19 heavy (non-hydrogen) atoms. The van der Waals surface area contributed by atoms with Gasteiger partial charge in [-0.2, -0.15) is 0 Å². The molecule has 2 aliphatic rings. The number of rotatable bonds is 0. The fourth-order valence-corrected chi connectivity index (χ4v) is 2.77. The molecule has 90 valence electrons. The number of carbonyl (C=O) groups excluding carboxylic acids is 2. The Bertz CT molecular complexity index is 971. The third-order valence-electron chi connectivity index (χ3n) is 3.58. The van der Waals surface area contributed by atoms with Crippen LogP contribution in [0.15, 0.2) is 36.4 Å². The first-order chi connectivity index (χ1) is 9.24. The number of amides is 2. The van der Waals surface area contributed by atoms with Gasteiger partial charge in [0.05, 0.1) is 5.56 Å². The van der Waals surface area contributed by atoms with Gasteiger partial charge < -0.3 is 0 Å². The zero-order chi connectivity index (χ0) is 13.0. The topological polar surface area (TPSA) is 46.2 Å². The van der Waals surface area contributed by atoms with Gasteiger partial charge in [0.15, 0.2) is 0 Å². The van der Waals surface area contributed by atoms with E-state index in [1.54, 1.807) is 0 Å². The lowest BCUT2D eigenvalue weighted by Gasteiger charge is -2.11. The van der Waals surface area contributed by atoms with Crippen molar-refractivity contribution in [3.8, 4) is 0 Å². The van der Waals surface area contributed by atoms with Gasteiger partial charge in [-0.3, -0.25) is 14.9 Å². The summed E-state index contributed by atoms with van der Waals surface area (Å²) in [5.74, 6) is -0.670. The van der Waals surface area contributed by atoms with Crippen LogP contribution in [0.1, 0.15) is 15.9 Å². The molecule has 0 spiro atoms. The molecule has 0 bridgehead atoms. The van der Waals surface area contributed by atoms with Gasteiger partial charge in [-0.1, -0.05) is 36.4 Å². The quantitative estimate of drug-likeness (QED) is 0.575. The van der Waals surface area contributed by atoms with Crippen LogP contribution in [0, 0.1) is 10.4 Å². The van der Waals surface area contributed by atoms with Crippen LogP contribution in [-0.2, 0) is 4.79 Å². The smallest absolute Gasteiger partial charge is 0.259 e. The molecule has 1 aliphatic carbocycles. The van der Waals surface area contributed by atoms with Crippen LogP contribution in [-0.4, -0.2) is 11.8 Å². The van der Waals surface area contributed by atoms with Gasteiger partial charge in [0.2, 0.25) is 0 Å². The Morgan fingerprint density at radius 3 is 2.53 bits per heavy atom. The van der Waals surface area contributed by atoms with Crippen molar-refractivity contribution in [2.45, 2.75) is 0 Å². The molecule has 0 radical (unpaired) electrons. The monoisotopic (exact) mass is 247 g/mol. The molecule has 2 aromatic rings. The highest BCUT2D eigenvalue weighted by molar-refractivity contribution is 6.20. The fourth-order valence-electron chi connectivity index (χ4n) is 2.77. The highest BCUT2D eigenvalue weighted by Gasteiger charge is 2.20. The highest BCUT2D eigenvalue weighted by atomic mass is 16.2. The van der Waals surface area contributed by atoms with Gasteiger partial charge in [-0.05, 0) is 32.5 Å². The fraction of sp³-hybridized carbons (Fsp3) is 0. The maximum absolute atomic E-state index is 12.0. The Balaban J connectivity index is 2.26. The third kappa shape index (κ3) is 1.32. The third-order valence-corrected chi connectivity index (χ3v) is 3.58. The van der Waals surface area contributed by atoms with Crippen LogP contribution in [0.4, 0.5) is 0 Å². The van der Waals surface area contributed by atoms with Crippen molar-refractivity contribution in [1.82, 2.24) is 5.32 Å². The Labute approximate surface area is 108 Å². The first-order valence-corrected chi connectivity index (χ1v) is 6.05. The van der Waals surface area contributed by atoms with Crippen molar-refractivity contribution in [3.63, 3.8) is 0 Å². The maximum atomic E-state index is 12.0. The van der Waals surface area contributed by atoms with Crippen molar-refractivity contribution in [3.05, 3.63) is 68.4 Å². The number of carbonyl (C=O) groups is 2. The lowest BCUT2D eigenvalue weighted by atomic mass is 10.0. The predicted octanol–water partition coefficient (Wildman–Crippen LogP) is 0.166. The summed E-state index contributed by atoms with van der Waals surface area (Å²) in [5.41, 5.74) is 1.49. The highest BCUT2D eigenvalue weighted by Crippen LogP contribution is 2.14. The average Bonchev–Trinajstić information content (AvgIpc) is 2.76. The number of benzene rings is 2. The molecule has 0 unspecified atom stereocenters. The van der Waals surface area contributed by atoms with Crippen LogP contribution in [0.5, 0.6) is 0 Å². The number of hydrogen-bond acceptors (Lipinski definition) is 2. The van der Waals surface area contributed by atoms with Gasteiger partial charge in [0.1, 0.15) is 0 Å². The van der Waals surface area contributed by atoms with Crippen LogP contribution in [0.2, 0.25) is 0 Å². The van der Waals surface area contributed by atoms with E-state index >= 15 is 0 Å². The van der Waals surface area contributed by atoms with Crippen molar-refractivity contribution in [1.29, 1.82) is 0 Å². The Morgan fingerprint density at radius 1 is 0.789 bits per heavy atom. The molecule has 3 nitrogen and oxygen atoms in total. The molecule has 0 aromatic heterocycles. The zero-order valence-corrected chi connectivity index (χ0v) is 9.94. The summed E-state index contributed by atoms with van der Waals surface area (Å²) < 4.78 is 0. The van der Waals surface area contributed by atoms with E-state index in [1.165, 1.54) is 6.08 Å². The van der Waals surface area contributed by atoms with Gasteiger partial charge in [0, 0.05) is 6.08 Å². The van der Waals surface area contributed by atoms with E-state index in [9.17, 15) is 9.59 Å². The van der Waals surface area contributed by atoms with E-state index in [4.69, 9.17) is 0 Å². The second-order valence-electron chi connectivity index (χ2n) is 4.69. The Kier molecular flexibility index (Phi) is 1.85. The molecule has 1 heterocycles. The minimum atomic E-state index is -0.354. The van der Waals surface area contributed by atoms with Gasteiger partial charge in [-0.15, -0.1) is 0 Å². The van der Waals surface area contributed by atoms with E-state index in [0.29, 0.717) is 10.8 Å². The summed E-state index contributed by atoms with van der Waals surface area (Å²) >= 11 is 0. The lowest BCUT2D eigenvalue weighted by molar-refractivity contribution is -0.114. The number of imide groups is 1. The molecule has 0 fully saturated rings. The Morgan fingerprint density at radius 2 is 1.63 bits per heavy atom. The molecule has 2 aromatic carbocycles. The molecular weight excluding hydrogens is 238 g/mol. The molecular formula is C16H9NO2. The molecule has 4 rings (SSSR count).